The minimum absolute atomic E-state index is 0.0458. The van der Waals surface area contributed by atoms with Crippen molar-refractivity contribution in [2.75, 3.05) is 19.0 Å². The Morgan fingerprint density at radius 1 is 1.40 bits per heavy atom. The largest absolute Gasteiger partial charge is 0.504 e. The van der Waals surface area contributed by atoms with Gasteiger partial charge in [0.2, 0.25) is 0 Å². The lowest BCUT2D eigenvalue weighted by molar-refractivity contribution is 0.0929. The van der Waals surface area contributed by atoms with Crippen molar-refractivity contribution in [3.63, 3.8) is 0 Å². The summed E-state index contributed by atoms with van der Waals surface area (Å²) >= 11 is 3.52. The molecule has 2 N–H and O–H groups in total. The Morgan fingerprint density at radius 2 is 2.05 bits per heavy atom. The van der Waals surface area contributed by atoms with Crippen LogP contribution in [0.3, 0.4) is 0 Å². The highest BCUT2D eigenvalue weighted by Gasteiger charge is 2.26. The number of methoxy groups -OCH3 is 1. The van der Waals surface area contributed by atoms with Crippen LogP contribution in [0.25, 0.3) is 0 Å². The van der Waals surface area contributed by atoms with Crippen LogP contribution in [0.4, 0.5) is 0 Å². The normalized spacial score (nSPS) is 11.2. The monoisotopic (exact) mass is 343 g/mol. The molecule has 112 valence electrons. The van der Waals surface area contributed by atoms with E-state index in [0.717, 1.165) is 18.2 Å². The van der Waals surface area contributed by atoms with Gasteiger partial charge in [-0.25, -0.2) is 0 Å². The number of benzene rings is 1. The summed E-state index contributed by atoms with van der Waals surface area (Å²) in [7, 11) is 1.46. The van der Waals surface area contributed by atoms with Crippen molar-refractivity contribution in [1.82, 2.24) is 5.32 Å². The second-order valence-corrected chi connectivity index (χ2v) is 5.44. The number of halogens is 1. The van der Waals surface area contributed by atoms with Gasteiger partial charge in [-0.3, -0.25) is 4.79 Å². The highest BCUT2D eigenvalue weighted by Crippen LogP contribution is 2.30. The highest BCUT2D eigenvalue weighted by atomic mass is 79.9. The third-order valence-corrected chi connectivity index (χ3v) is 5.06. The Balaban J connectivity index is 2.82. The van der Waals surface area contributed by atoms with E-state index in [4.69, 9.17) is 4.74 Å². The van der Waals surface area contributed by atoms with Gasteiger partial charge >= 0.3 is 0 Å². The summed E-state index contributed by atoms with van der Waals surface area (Å²) in [5.74, 6) is -0.103. The average Bonchev–Trinajstić information content (AvgIpc) is 2.49. The van der Waals surface area contributed by atoms with E-state index < -0.39 is 0 Å². The highest BCUT2D eigenvalue weighted by molar-refractivity contribution is 9.09. The summed E-state index contributed by atoms with van der Waals surface area (Å²) in [6, 6.07) is 4.89. The molecule has 0 saturated heterocycles. The van der Waals surface area contributed by atoms with Crippen molar-refractivity contribution in [3.05, 3.63) is 23.8 Å². The molecule has 1 aromatic carbocycles. The summed E-state index contributed by atoms with van der Waals surface area (Å²) in [5, 5.41) is 13.7. The summed E-state index contributed by atoms with van der Waals surface area (Å²) in [6.45, 7) is 4.79. The van der Waals surface area contributed by atoms with Crippen LogP contribution in [0, 0.1) is 5.41 Å². The molecule has 0 spiro atoms. The molecule has 0 fully saturated rings. The van der Waals surface area contributed by atoms with Gasteiger partial charge in [0, 0.05) is 11.9 Å². The molecule has 20 heavy (non-hydrogen) atoms. The van der Waals surface area contributed by atoms with Crippen LogP contribution in [0.5, 0.6) is 11.5 Å². The molecule has 0 bridgehead atoms. The van der Waals surface area contributed by atoms with Crippen molar-refractivity contribution in [3.8, 4) is 11.5 Å². The van der Waals surface area contributed by atoms with Crippen LogP contribution in [-0.4, -0.2) is 30.0 Å². The van der Waals surface area contributed by atoms with Gasteiger partial charge in [-0.15, -0.1) is 0 Å². The number of hydrogen-bond acceptors (Lipinski definition) is 3. The van der Waals surface area contributed by atoms with Gasteiger partial charge in [-0.2, -0.15) is 0 Å². The first-order valence-electron chi connectivity index (χ1n) is 6.73. The fourth-order valence-electron chi connectivity index (χ4n) is 1.97. The molecule has 4 nitrogen and oxygen atoms in total. The van der Waals surface area contributed by atoms with E-state index in [2.05, 4.69) is 35.1 Å². The molecule has 0 unspecified atom stereocenters. The lowest BCUT2D eigenvalue weighted by Crippen LogP contribution is -2.38. The topological polar surface area (TPSA) is 58.6 Å². The number of para-hydroxylation sites is 1. The number of aromatic hydroxyl groups is 1. The molecule has 0 aromatic heterocycles. The van der Waals surface area contributed by atoms with Crippen LogP contribution in [0.2, 0.25) is 0 Å². The summed E-state index contributed by atoms with van der Waals surface area (Å²) < 4.78 is 5.01. The molecule has 0 radical (unpaired) electrons. The van der Waals surface area contributed by atoms with Gasteiger partial charge in [-0.05, 0) is 30.4 Å². The zero-order valence-electron chi connectivity index (χ0n) is 12.2. The van der Waals surface area contributed by atoms with Crippen molar-refractivity contribution in [2.24, 2.45) is 5.41 Å². The minimum Gasteiger partial charge on any atom is -0.504 e. The molecule has 0 saturated carbocycles. The number of carbonyl (C=O) groups is 1. The molecule has 0 atom stereocenters. The van der Waals surface area contributed by atoms with Gasteiger partial charge in [0.05, 0.1) is 12.7 Å². The first kappa shape index (κ1) is 16.8. The van der Waals surface area contributed by atoms with Crippen LogP contribution < -0.4 is 10.1 Å². The van der Waals surface area contributed by atoms with E-state index >= 15 is 0 Å². The van der Waals surface area contributed by atoms with E-state index in [9.17, 15) is 9.90 Å². The molecule has 0 aliphatic rings. The number of nitrogens with one attached hydrogen (secondary N) is 1. The second-order valence-electron chi connectivity index (χ2n) is 4.88. The first-order valence-corrected chi connectivity index (χ1v) is 7.85. The van der Waals surface area contributed by atoms with Crippen molar-refractivity contribution in [1.29, 1.82) is 0 Å². The van der Waals surface area contributed by atoms with Gasteiger partial charge in [0.25, 0.3) is 5.91 Å². The van der Waals surface area contributed by atoms with Crippen molar-refractivity contribution < 1.29 is 14.6 Å². The Labute approximate surface area is 128 Å². The second kappa shape index (κ2) is 7.53. The standard InChI is InChI=1S/C15H22BrNO3/c1-4-15(5-2,9-16)10-17-14(19)11-7-6-8-12(20-3)13(11)18/h6-8,18H,4-5,9-10H2,1-3H3,(H,17,19). The number of amides is 1. The quantitative estimate of drug-likeness (QED) is 0.746. The van der Waals surface area contributed by atoms with Crippen LogP contribution in [-0.2, 0) is 0 Å². The molecule has 0 aliphatic heterocycles. The number of alkyl halides is 1. The maximum absolute atomic E-state index is 12.2. The zero-order valence-corrected chi connectivity index (χ0v) is 13.8. The third-order valence-electron chi connectivity index (χ3n) is 3.87. The van der Waals surface area contributed by atoms with Gasteiger partial charge < -0.3 is 15.2 Å². The molecule has 0 aliphatic carbocycles. The van der Waals surface area contributed by atoms with E-state index in [-0.39, 0.29) is 22.6 Å². The van der Waals surface area contributed by atoms with Crippen LogP contribution >= 0.6 is 15.9 Å². The maximum Gasteiger partial charge on any atom is 0.255 e. The third kappa shape index (κ3) is 3.66. The minimum atomic E-state index is -0.284. The van der Waals surface area contributed by atoms with E-state index in [1.165, 1.54) is 7.11 Å². The van der Waals surface area contributed by atoms with Gasteiger partial charge in [0.1, 0.15) is 0 Å². The number of ether oxygens (including phenoxy) is 1. The Kier molecular flexibility index (Phi) is 6.33. The maximum atomic E-state index is 12.2. The molecule has 5 heteroatoms. The van der Waals surface area contributed by atoms with Crippen molar-refractivity contribution in [2.45, 2.75) is 26.7 Å². The first-order chi connectivity index (χ1) is 9.53. The summed E-state index contributed by atoms with van der Waals surface area (Å²) in [6.07, 6.45) is 1.94. The number of rotatable bonds is 7. The van der Waals surface area contributed by atoms with E-state index in [0.29, 0.717) is 12.3 Å². The number of hydrogen-bond donors (Lipinski definition) is 2. The SMILES string of the molecule is CCC(CC)(CBr)CNC(=O)c1cccc(OC)c1O. The summed E-state index contributed by atoms with van der Waals surface area (Å²) in [4.78, 5) is 12.2. The zero-order chi connectivity index (χ0) is 15.2. The lowest BCUT2D eigenvalue weighted by Gasteiger charge is -2.29. The lowest BCUT2D eigenvalue weighted by atomic mass is 9.84. The number of carbonyl (C=O) groups excluding carboxylic acids is 1. The molecule has 0 heterocycles. The number of phenols is 1. The predicted octanol–water partition coefficient (Wildman–Crippen LogP) is 3.33. The van der Waals surface area contributed by atoms with E-state index in [1.807, 2.05) is 0 Å². The van der Waals surface area contributed by atoms with Gasteiger partial charge in [0.15, 0.2) is 11.5 Å². The Morgan fingerprint density at radius 3 is 2.55 bits per heavy atom. The predicted molar refractivity (Wildman–Crippen MR) is 83.8 cm³/mol. The molecule has 1 amide bonds. The average molecular weight is 344 g/mol. The number of phenolic OH excluding ortho intramolecular Hbond substituents is 1. The summed E-state index contributed by atoms with van der Waals surface area (Å²) in [5.41, 5.74) is 0.282. The molecule has 1 aromatic rings. The fraction of sp³-hybridized carbons (Fsp3) is 0.533. The van der Waals surface area contributed by atoms with Crippen LogP contribution in [0.1, 0.15) is 37.0 Å². The Hall–Kier alpha value is -1.23. The van der Waals surface area contributed by atoms with E-state index in [1.54, 1.807) is 18.2 Å². The molecular formula is C15H22BrNO3. The fourth-order valence-corrected chi connectivity index (χ4v) is 2.96. The van der Waals surface area contributed by atoms with Gasteiger partial charge in [-0.1, -0.05) is 35.8 Å². The van der Waals surface area contributed by atoms with Crippen molar-refractivity contribution >= 4 is 21.8 Å². The molecule has 1 rings (SSSR count). The Bertz CT molecular complexity index is 450. The smallest absolute Gasteiger partial charge is 0.255 e. The molecular weight excluding hydrogens is 322 g/mol. The van der Waals surface area contributed by atoms with Crippen LogP contribution in [0.15, 0.2) is 18.2 Å².